The molecule has 0 unspecified atom stereocenters. The van der Waals surface area contributed by atoms with Gasteiger partial charge in [0.1, 0.15) is 5.82 Å². The van der Waals surface area contributed by atoms with E-state index in [0.29, 0.717) is 10.2 Å². The van der Waals surface area contributed by atoms with Gasteiger partial charge in [-0.2, -0.15) is 13.2 Å². The molecule has 112 valence electrons. The molecule has 21 heavy (non-hydrogen) atoms. The van der Waals surface area contributed by atoms with E-state index in [-0.39, 0.29) is 23.8 Å². The summed E-state index contributed by atoms with van der Waals surface area (Å²) in [6.45, 7) is 0.106. The van der Waals surface area contributed by atoms with E-state index in [4.69, 9.17) is 10.5 Å². The number of benzene rings is 1. The van der Waals surface area contributed by atoms with Gasteiger partial charge >= 0.3 is 6.18 Å². The number of methoxy groups -OCH3 is 1. The van der Waals surface area contributed by atoms with E-state index in [9.17, 15) is 13.2 Å². The van der Waals surface area contributed by atoms with Crippen molar-refractivity contribution in [3.05, 3.63) is 40.0 Å². The van der Waals surface area contributed by atoms with Crippen molar-refractivity contribution in [3.63, 3.8) is 0 Å². The Morgan fingerprint density at radius 3 is 2.52 bits per heavy atom. The number of nitrogen functional groups attached to an aromatic ring is 1. The maximum absolute atomic E-state index is 13.0. The first-order valence-electron chi connectivity index (χ1n) is 5.82. The quantitative estimate of drug-likeness (QED) is 0.906. The lowest BCUT2D eigenvalue weighted by atomic mass is 10.1. The van der Waals surface area contributed by atoms with Crippen LogP contribution in [0.15, 0.2) is 28.7 Å². The van der Waals surface area contributed by atoms with Crippen LogP contribution in [0.25, 0.3) is 11.4 Å². The molecule has 1 aromatic carbocycles. The number of hydrogen-bond acceptors (Lipinski definition) is 4. The number of ether oxygens (including phenoxy) is 1. The maximum atomic E-state index is 13.0. The monoisotopic (exact) mass is 361 g/mol. The van der Waals surface area contributed by atoms with E-state index in [1.165, 1.54) is 25.3 Å². The van der Waals surface area contributed by atoms with Gasteiger partial charge in [0.2, 0.25) is 0 Å². The summed E-state index contributed by atoms with van der Waals surface area (Å²) in [5, 5.41) is 0. The van der Waals surface area contributed by atoms with Crippen molar-refractivity contribution in [2.75, 3.05) is 12.8 Å². The van der Waals surface area contributed by atoms with Gasteiger partial charge in [-0.25, -0.2) is 9.97 Å². The number of alkyl halides is 3. The van der Waals surface area contributed by atoms with Crippen LogP contribution in [0.1, 0.15) is 11.3 Å². The zero-order chi connectivity index (χ0) is 15.6. The number of anilines is 1. The van der Waals surface area contributed by atoms with E-state index in [0.717, 1.165) is 6.07 Å². The second-order valence-corrected chi connectivity index (χ2v) is 4.96. The molecule has 0 fully saturated rings. The highest BCUT2D eigenvalue weighted by Gasteiger charge is 2.34. The minimum absolute atomic E-state index is 0.0593. The van der Waals surface area contributed by atoms with Gasteiger partial charge in [0.15, 0.2) is 5.82 Å². The minimum Gasteiger partial charge on any atom is -0.383 e. The van der Waals surface area contributed by atoms with Crippen molar-refractivity contribution in [3.8, 4) is 11.4 Å². The summed E-state index contributed by atoms with van der Waals surface area (Å²) in [5.74, 6) is -0.0281. The Morgan fingerprint density at radius 2 is 1.90 bits per heavy atom. The highest BCUT2D eigenvalue weighted by atomic mass is 79.9. The lowest BCUT2D eigenvalue weighted by molar-refractivity contribution is -0.137. The molecule has 8 heteroatoms. The van der Waals surface area contributed by atoms with Crippen LogP contribution in [-0.4, -0.2) is 17.1 Å². The Morgan fingerprint density at radius 1 is 1.24 bits per heavy atom. The minimum atomic E-state index is -4.50. The van der Waals surface area contributed by atoms with E-state index in [1.807, 2.05) is 0 Å². The van der Waals surface area contributed by atoms with Crippen molar-refractivity contribution >= 4 is 21.7 Å². The van der Waals surface area contributed by atoms with E-state index in [1.54, 1.807) is 0 Å². The largest absolute Gasteiger partial charge is 0.417 e. The Balaban J connectivity index is 2.63. The van der Waals surface area contributed by atoms with Crippen molar-refractivity contribution in [2.45, 2.75) is 12.8 Å². The van der Waals surface area contributed by atoms with Gasteiger partial charge in [0.25, 0.3) is 0 Å². The molecule has 0 bridgehead atoms. The van der Waals surface area contributed by atoms with Crippen LogP contribution >= 0.6 is 15.9 Å². The average molecular weight is 362 g/mol. The molecule has 2 N–H and O–H groups in total. The predicted octanol–water partition coefficient (Wildman–Crippen LogP) is 3.65. The average Bonchev–Trinajstić information content (AvgIpc) is 2.43. The molecule has 0 saturated heterocycles. The van der Waals surface area contributed by atoms with E-state index < -0.39 is 11.7 Å². The first-order valence-corrected chi connectivity index (χ1v) is 6.61. The summed E-state index contributed by atoms with van der Waals surface area (Å²) in [6, 6.07) is 5.09. The third-order valence-corrected chi connectivity index (χ3v) is 3.56. The van der Waals surface area contributed by atoms with Crippen LogP contribution in [0.5, 0.6) is 0 Å². The summed E-state index contributed by atoms with van der Waals surface area (Å²) in [7, 11) is 1.45. The second-order valence-electron chi connectivity index (χ2n) is 4.17. The number of aromatic nitrogens is 2. The lowest BCUT2D eigenvalue weighted by Crippen LogP contribution is -2.10. The van der Waals surface area contributed by atoms with Crippen LogP contribution in [0, 0.1) is 0 Å². The molecule has 0 aliphatic heterocycles. The molecule has 2 aromatic rings. The van der Waals surface area contributed by atoms with Crippen LogP contribution in [0.2, 0.25) is 0 Å². The normalized spacial score (nSPS) is 11.7. The van der Waals surface area contributed by atoms with Gasteiger partial charge in [0.05, 0.1) is 22.3 Å². The molecule has 0 radical (unpaired) electrons. The van der Waals surface area contributed by atoms with Crippen molar-refractivity contribution in [1.82, 2.24) is 9.97 Å². The number of nitrogens with two attached hydrogens (primary N) is 1. The van der Waals surface area contributed by atoms with Crippen molar-refractivity contribution in [1.29, 1.82) is 0 Å². The Hall–Kier alpha value is -1.67. The smallest absolute Gasteiger partial charge is 0.383 e. The first kappa shape index (κ1) is 15.7. The fraction of sp³-hybridized carbons (Fsp3) is 0.231. The van der Waals surface area contributed by atoms with E-state index >= 15 is 0 Å². The van der Waals surface area contributed by atoms with Gasteiger partial charge in [-0.15, -0.1) is 0 Å². The number of nitrogens with zero attached hydrogens (tertiary/aromatic N) is 2. The zero-order valence-corrected chi connectivity index (χ0v) is 12.5. The van der Waals surface area contributed by atoms with E-state index in [2.05, 4.69) is 25.9 Å². The molecule has 1 heterocycles. The van der Waals surface area contributed by atoms with Gasteiger partial charge in [-0.05, 0) is 22.0 Å². The molecule has 2 rings (SSSR count). The number of halogens is 4. The SMILES string of the molecule is COCc1nc(-c2ccccc2C(F)(F)F)nc(N)c1Br. The van der Waals surface area contributed by atoms with Crippen molar-refractivity contribution < 1.29 is 17.9 Å². The molecular weight excluding hydrogens is 351 g/mol. The molecule has 4 nitrogen and oxygen atoms in total. The summed E-state index contributed by atoms with van der Waals surface area (Å²) in [5.41, 5.74) is 5.17. The second kappa shape index (κ2) is 5.98. The highest BCUT2D eigenvalue weighted by Crippen LogP contribution is 2.36. The van der Waals surface area contributed by atoms with Gasteiger partial charge < -0.3 is 10.5 Å². The zero-order valence-electron chi connectivity index (χ0n) is 10.9. The predicted molar refractivity (Wildman–Crippen MR) is 75.3 cm³/mol. The molecule has 0 aliphatic rings. The van der Waals surface area contributed by atoms with Gasteiger partial charge in [-0.3, -0.25) is 0 Å². The Bertz CT molecular complexity index is 662. The fourth-order valence-electron chi connectivity index (χ4n) is 1.79. The Labute approximate surface area is 127 Å². The number of hydrogen-bond donors (Lipinski definition) is 1. The standard InChI is InChI=1S/C13H11BrF3N3O/c1-21-6-9-10(14)11(18)20-12(19-9)7-4-2-3-5-8(7)13(15,16)17/h2-5H,6H2,1H3,(H2,18,19,20). The Kier molecular flexibility index (Phi) is 4.48. The van der Waals surface area contributed by atoms with Crippen LogP contribution in [-0.2, 0) is 17.5 Å². The topological polar surface area (TPSA) is 61.0 Å². The lowest BCUT2D eigenvalue weighted by Gasteiger charge is -2.13. The summed E-state index contributed by atoms with van der Waals surface area (Å²) >= 11 is 3.19. The molecular formula is C13H11BrF3N3O. The fourth-order valence-corrected chi connectivity index (χ4v) is 2.08. The number of rotatable bonds is 3. The van der Waals surface area contributed by atoms with Crippen molar-refractivity contribution in [2.24, 2.45) is 0 Å². The van der Waals surface area contributed by atoms with Crippen LogP contribution in [0.4, 0.5) is 19.0 Å². The molecule has 0 saturated carbocycles. The third-order valence-electron chi connectivity index (χ3n) is 2.70. The molecule has 0 spiro atoms. The maximum Gasteiger partial charge on any atom is 0.417 e. The highest BCUT2D eigenvalue weighted by molar-refractivity contribution is 9.10. The molecule has 0 amide bonds. The summed E-state index contributed by atoms with van der Waals surface area (Å²) < 4.78 is 44.5. The first-order chi connectivity index (χ1) is 9.84. The van der Waals surface area contributed by atoms with Crippen LogP contribution in [0.3, 0.4) is 0 Å². The summed E-state index contributed by atoms with van der Waals surface area (Å²) in [4.78, 5) is 8.03. The third kappa shape index (κ3) is 3.33. The van der Waals surface area contributed by atoms with Gasteiger partial charge in [-0.1, -0.05) is 18.2 Å². The molecule has 0 atom stereocenters. The summed E-state index contributed by atoms with van der Waals surface area (Å²) in [6.07, 6.45) is -4.50. The van der Waals surface area contributed by atoms with Crippen LogP contribution < -0.4 is 5.73 Å². The molecule has 1 aromatic heterocycles. The molecule has 0 aliphatic carbocycles. The van der Waals surface area contributed by atoms with Gasteiger partial charge in [0, 0.05) is 12.7 Å².